The first-order valence-corrected chi connectivity index (χ1v) is 14.5. The van der Waals surface area contributed by atoms with Gasteiger partial charge < -0.3 is 25.3 Å². The lowest BCUT2D eigenvalue weighted by atomic mass is 9.79. The van der Waals surface area contributed by atoms with Crippen LogP contribution in [0.15, 0.2) is 60.9 Å². The molecule has 7 nitrogen and oxygen atoms in total. The van der Waals surface area contributed by atoms with E-state index in [4.69, 9.17) is 10.5 Å². The van der Waals surface area contributed by atoms with Gasteiger partial charge in [-0.05, 0) is 74.5 Å². The molecule has 3 heterocycles. The van der Waals surface area contributed by atoms with Crippen molar-refractivity contribution in [3.05, 3.63) is 66.6 Å². The van der Waals surface area contributed by atoms with E-state index in [1.165, 1.54) is 0 Å². The number of hydrogen-bond acceptors (Lipinski definition) is 6. The Bertz CT molecular complexity index is 1470. The van der Waals surface area contributed by atoms with E-state index in [0.29, 0.717) is 18.0 Å². The molecule has 3 N–H and O–H groups in total. The maximum absolute atomic E-state index is 6.10. The van der Waals surface area contributed by atoms with E-state index in [2.05, 4.69) is 48.7 Å². The zero-order valence-electron chi connectivity index (χ0n) is 24.0. The number of aromatic nitrogens is 3. The Hall–Kier alpha value is -3.86. The average molecular weight is 537 g/mol. The minimum absolute atomic E-state index is 0.372. The van der Waals surface area contributed by atoms with Crippen LogP contribution in [0, 0.1) is 17.8 Å². The van der Waals surface area contributed by atoms with E-state index in [-0.39, 0.29) is 0 Å². The fraction of sp³-hybridized carbons (Fsp3) is 0.394. The number of fused-ring (bicyclic) bond motifs is 1. The number of para-hydroxylation sites is 1. The number of piperidine rings is 1. The molecule has 1 aliphatic carbocycles. The fourth-order valence-corrected chi connectivity index (χ4v) is 5.64. The lowest BCUT2D eigenvalue weighted by Crippen LogP contribution is -2.50. The van der Waals surface area contributed by atoms with E-state index in [1.54, 1.807) is 6.33 Å². The summed E-state index contributed by atoms with van der Waals surface area (Å²) in [5.41, 5.74) is 10.0. The van der Waals surface area contributed by atoms with Crippen molar-refractivity contribution in [2.75, 3.05) is 25.5 Å². The SMILES string of the molecule is CC.CNc1ncnc2c1c(-c1ccc(Oc3ccccc3)cc1)c(C#CC1CC(N3CCC(N)CC3)C1)n2C. The highest BCUT2D eigenvalue weighted by atomic mass is 16.5. The Kier molecular flexibility index (Phi) is 8.69. The Labute approximate surface area is 237 Å². The maximum atomic E-state index is 6.10. The van der Waals surface area contributed by atoms with Gasteiger partial charge in [-0.3, -0.25) is 0 Å². The smallest absolute Gasteiger partial charge is 0.146 e. The van der Waals surface area contributed by atoms with Gasteiger partial charge in [-0.1, -0.05) is 50.1 Å². The number of nitrogens with one attached hydrogen (secondary N) is 1. The van der Waals surface area contributed by atoms with Gasteiger partial charge in [-0.25, -0.2) is 9.97 Å². The van der Waals surface area contributed by atoms with E-state index in [0.717, 1.165) is 83.9 Å². The molecule has 0 radical (unpaired) electrons. The van der Waals surface area contributed by atoms with Crippen molar-refractivity contribution in [1.82, 2.24) is 19.4 Å². The molecule has 0 spiro atoms. The second-order valence-corrected chi connectivity index (χ2v) is 10.4. The third-order valence-corrected chi connectivity index (χ3v) is 7.92. The van der Waals surface area contributed by atoms with Crippen molar-refractivity contribution < 1.29 is 4.74 Å². The van der Waals surface area contributed by atoms with Crippen molar-refractivity contribution >= 4 is 16.9 Å². The first-order valence-electron chi connectivity index (χ1n) is 14.5. The summed E-state index contributed by atoms with van der Waals surface area (Å²) in [5, 5.41) is 4.23. The summed E-state index contributed by atoms with van der Waals surface area (Å²) >= 11 is 0. The van der Waals surface area contributed by atoms with Crippen LogP contribution in [0.2, 0.25) is 0 Å². The highest BCUT2D eigenvalue weighted by Crippen LogP contribution is 2.38. The van der Waals surface area contributed by atoms with Crippen LogP contribution in [0.5, 0.6) is 11.5 Å². The molecule has 2 fully saturated rings. The number of nitrogens with zero attached hydrogens (tertiary/aromatic N) is 4. The Morgan fingerprint density at radius 3 is 2.30 bits per heavy atom. The first kappa shape index (κ1) is 27.7. The molecule has 0 atom stereocenters. The molecule has 0 amide bonds. The van der Waals surface area contributed by atoms with Crippen LogP contribution in [0.4, 0.5) is 5.82 Å². The predicted molar refractivity (Wildman–Crippen MR) is 164 cm³/mol. The molecule has 2 aliphatic rings. The minimum Gasteiger partial charge on any atom is -0.457 e. The summed E-state index contributed by atoms with van der Waals surface area (Å²) in [6.07, 6.45) is 6.09. The summed E-state index contributed by atoms with van der Waals surface area (Å²) in [6.45, 7) is 6.24. The molecule has 2 aromatic heterocycles. The molecule has 1 saturated carbocycles. The summed E-state index contributed by atoms with van der Waals surface area (Å²) in [4.78, 5) is 11.7. The molecule has 40 heavy (non-hydrogen) atoms. The highest BCUT2D eigenvalue weighted by molar-refractivity contribution is 6.04. The molecule has 4 aromatic rings. The van der Waals surface area contributed by atoms with E-state index < -0.39 is 0 Å². The number of nitrogens with two attached hydrogens (primary N) is 1. The topological polar surface area (TPSA) is 81.2 Å². The van der Waals surface area contributed by atoms with E-state index in [1.807, 2.05) is 70.4 Å². The van der Waals surface area contributed by atoms with Crippen LogP contribution in [0.1, 0.15) is 45.2 Å². The first-order chi connectivity index (χ1) is 19.6. The lowest BCUT2D eigenvalue weighted by Gasteiger charge is -2.43. The van der Waals surface area contributed by atoms with Gasteiger partial charge in [0, 0.05) is 37.7 Å². The highest BCUT2D eigenvalue weighted by Gasteiger charge is 2.34. The molecule has 2 aromatic carbocycles. The molecule has 1 saturated heterocycles. The normalized spacial score (nSPS) is 19.1. The predicted octanol–water partition coefficient (Wildman–Crippen LogP) is 6.05. The van der Waals surface area contributed by atoms with Crippen LogP contribution >= 0.6 is 0 Å². The van der Waals surface area contributed by atoms with Crippen molar-refractivity contribution in [3.8, 4) is 34.5 Å². The number of benzene rings is 2. The van der Waals surface area contributed by atoms with Crippen molar-refractivity contribution in [3.63, 3.8) is 0 Å². The van der Waals surface area contributed by atoms with Gasteiger partial charge in [0.15, 0.2) is 0 Å². The second-order valence-electron chi connectivity index (χ2n) is 10.4. The Morgan fingerprint density at radius 2 is 1.62 bits per heavy atom. The van der Waals surface area contributed by atoms with Gasteiger partial charge in [0.05, 0.1) is 5.39 Å². The third kappa shape index (κ3) is 5.70. The van der Waals surface area contributed by atoms with Gasteiger partial charge in [-0.2, -0.15) is 0 Å². The monoisotopic (exact) mass is 536 g/mol. The summed E-state index contributed by atoms with van der Waals surface area (Å²) in [7, 11) is 3.93. The molecule has 208 valence electrons. The van der Waals surface area contributed by atoms with Crippen LogP contribution in [0.3, 0.4) is 0 Å². The Morgan fingerprint density at radius 1 is 0.950 bits per heavy atom. The van der Waals surface area contributed by atoms with Crippen molar-refractivity contribution in [2.24, 2.45) is 18.7 Å². The van der Waals surface area contributed by atoms with Crippen LogP contribution < -0.4 is 15.8 Å². The zero-order chi connectivity index (χ0) is 28.1. The number of anilines is 1. The number of likely N-dealkylation sites (tertiary alicyclic amines) is 1. The second kappa shape index (κ2) is 12.5. The molecule has 1 aliphatic heterocycles. The number of hydrogen-bond donors (Lipinski definition) is 2. The molecule has 7 heteroatoms. The molecule has 6 rings (SSSR count). The third-order valence-electron chi connectivity index (χ3n) is 7.92. The maximum Gasteiger partial charge on any atom is 0.146 e. The number of aryl methyl sites for hydroxylation is 1. The summed E-state index contributed by atoms with van der Waals surface area (Å²) < 4.78 is 8.12. The van der Waals surface area contributed by atoms with Gasteiger partial charge in [0.1, 0.15) is 35.0 Å². The van der Waals surface area contributed by atoms with E-state index >= 15 is 0 Å². The quantitative estimate of drug-likeness (QED) is 0.302. The van der Waals surface area contributed by atoms with E-state index in [9.17, 15) is 0 Å². The zero-order valence-corrected chi connectivity index (χ0v) is 24.0. The minimum atomic E-state index is 0.372. The number of ether oxygens (including phenoxy) is 1. The molecular weight excluding hydrogens is 496 g/mol. The van der Waals surface area contributed by atoms with Crippen molar-refractivity contribution in [1.29, 1.82) is 0 Å². The fourth-order valence-electron chi connectivity index (χ4n) is 5.64. The summed E-state index contributed by atoms with van der Waals surface area (Å²) in [6, 6.07) is 19.0. The van der Waals surface area contributed by atoms with Gasteiger partial charge >= 0.3 is 0 Å². The molecular formula is C33H40N6O. The van der Waals surface area contributed by atoms with Crippen LogP contribution in [-0.4, -0.2) is 51.7 Å². The van der Waals surface area contributed by atoms with Gasteiger partial charge in [0.25, 0.3) is 0 Å². The largest absolute Gasteiger partial charge is 0.457 e. The van der Waals surface area contributed by atoms with Gasteiger partial charge in [0.2, 0.25) is 0 Å². The van der Waals surface area contributed by atoms with Gasteiger partial charge in [-0.15, -0.1) is 0 Å². The number of rotatable bonds is 5. The Balaban J connectivity index is 0.00000158. The molecule has 0 bridgehead atoms. The lowest BCUT2D eigenvalue weighted by molar-refractivity contribution is 0.0770. The average Bonchev–Trinajstić information content (AvgIpc) is 3.26. The molecule has 0 unspecified atom stereocenters. The van der Waals surface area contributed by atoms with Crippen molar-refractivity contribution in [2.45, 2.75) is 51.6 Å². The standard InChI is InChI=1S/C31H34N6O.C2H6/c1-33-30-29-28(22-9-11-26(12-10-22)38-25-6-4-3-5-7-25)27(36(2)31(29)35-20-34-30)13-8-21-18-24(19-21)37-16-14-23(32)15-17-37;1-2/h3-7,9-12,20-21,23-24H,14-19,32H2,1-2H3,(H,33,34,35);1-2H3. The van der Waals surface area contributed by atoms with Crippen LogP contribution in [-0.2, 0) is 7.05 Å². The van der Waals surface area contributed by atoms with Crippen LogP contribution in [0.25, 0.3) is 22.2 Å². The summed E-state index contributed by atoms with van der Waals surface area (Å²) in [5.74, 6) is 9.96.